The van der Waals surface area contributed by atoms with E-state index in [9.17, 15) is 14.3 Å². The molecule has 6 nitrogen and oxygen atoms in total. The maximum Gasteiger partial charge on any atom is 0.255 e. The first kappa shape index (κ1) is 20.2. The van der Waals surface area contributed by atoms with Crippen molar-refractivity contribution in [1.82, 2.24) is 19.7 Å². The molecule has 0 saturated heterocycles. The molecular formula is C22H21FN4O2. The second-order valence-electron chi connectivity index (χ2n) is 6.68. The third-order valence-electron chi connectivity index (χ3n) is 4.30. The zero-order valence-corrected chi connectivity index (χ0v) is 16.2. The van der Waals surface area contributed by atoms with Gasteiger partial charge in [0, 0.05) is 44.8 Å². The average Bonchev–Trinajstić information content (AvgIpc) is 3.17. The Labute approximate surface area is 168 Å². The van der Waals surface area contributed by atoms with Gasteiger partial charge in [-0.2, -0.15) is 5.10 Å². The third-order valence-corrected chi connectivity index (χ3v) is 4.30. The number of aromatic nitrogens is 3. The summed E-state index contributed by atoms with van der Waals surface area (Å²) in [5.74, 6) is 5.52. The van der Waals surface area contributed by atoms with Crippen molar-refractivity contribution in [2.24, 2.45) is 7.05 Å². The number of benzene rings is 1. The number of rotatable bonds is 5. The summed E-state index contributed by atoms with van der Waals surface area (Å²) in [6.07, 6.45) is 3.48. The van der Waals surface area contributed by atoms with Crippen molar-refractivity contribution in [3.8, 4) is 11.8 Å². The van der Waals surface area contributed by atoms with Crippen LogP contribution in [0.1, 0.15) is 33.2 Å². The van der Waals surface area contributed by atoms with Crippen LogP contribution in [0.2, 0.25) is 0 Å². The molecule has 3 rings (SSSR count). The van der Waals surface area contributed by atoms with Gasteiger partial charge in [-0.05, 0) is 11.6 Å². The molecule has 2 heterocycles. The summed E-state index contributed by atoms with van der Waals surface area (Å²) < 4.78 is 16.1. The molecule has 148 valence electrons. The van der Waals surface area contributed by atoms with E-state index in [1.54, 1.807) is 66.7 Å². The molecule has 0 unspecified atom stereocenters. The number of hydrogen-bond acceptors (Lipinski definition) is 4. The van der Waals surface area contributed by atoms with E-state index >= 15 is 0 Å². The first-order valence-corrected chi connectivity index (χ1v) is 9.02. The zero-order chi connectivity index (χ0) is 20.8. The summed E-state index contributed by atoms with van der Waals surface area (Å²) >= 11 is 0. The highest BCUT2D eigenvalue weighted by atomic mass is 19.1. The van der Waals surface area contributed by atoms with Gasteiger partial charge in [-0.3, -0.25) is 14.5 Å². The highest BCUT2D eigenvalue weighted by Crippen LogP contribution is 2.22. The second-order valence-corrected chi connectivity index (χ2v) is 6.68. The van der Waals surface area contributed by atoms with E-state index in [2.05, 4.69) is 21.9 Å². The lowest BCUT2D eigenvalue weighted by Gasteiger charge is -2.23. The number of amides is 1. The minimum Gasteiger partial charge on any atom is -0.388 e. The number of hydrogen-bond donors (Lipinski definition) is 1. The van der Waals surface area contributed by atoms with Crippen molar-refractivity contribution in [2.75, 3.05) is 13.6 Å². The van der Waals surface area contributed by atoms with Crippen LogP contribution in [0.25, 0.3) is 0 Å². The van der Waals surface area contributed by atoms with E-state index in [4.69, 9.17) is 0 Å². The van der Waals surface area contributed by atoms with Gasteiger partial charge < -0.3 is 10.0 Å². The van der Waals surface area contributed by atoms with Gasteiger partial charge in [-0.15, -0.1) is 0 Å². The minimum absolute atomic E-state index is 0.152. The van der Waals surface area contributed by atoms with Crippen molar-refractivity contribution >= 4 is 5.91 Å². The van der Waals surface area contributed by atoms with E-state index in [0.29, 0.717) is 16.7 Å². The molecule has 0 aliphatic rings. The second kappa shape index (κ2) is 9.13. The number of aliphatic hydroxyl groups is 1. The van der Waals surface area contributed by atoms with Gasteiger partial charge in [0.2, 0.25) is 0 Å². The molecule has 0 radical (unpaired) electrons. The monoisotopic (exact) mass is 392 g/mol. The molecule has 0 saturated carbocycles. The van der Waals surface area contributed by atoms with E-state index in [-0.39, 0.29) is 12.5 Å². The Morgan fingerprint density at radius 1 is 1.21 bits per heavy atom. The summed E-state index contributed by atoms with van der Waals surface area (Å²) in [6, 6.07) is 10.00. The van der Waals surface area contributed by atoms with Gasteiger partial charge in [-0.1, -0.05) is 42.2 Å². The Bertz CT molecular complexity index is 1040. The molecule has 7 heteroatoms. The SMILES string of the molecule is CN(C[C@@H](O)[C@@H](F)c1ccccc1)C(=O)c1cncc(C#Cc2cnn(C)c2)c1. The van der Waals surface area contributed by atoms with Crippen molar-refractivity contribution < 1.29 is 14.3 Å². The first-order chi connectivity index (χ1) is 13.9. The van der Waals surface area contributed by atoms with Crippen LogP contribution >= 0.6 is 0 Å². The standard InChI is InChI=1S/C22H21FN4O2/c1-26(15-20(28)21(23)18-6-4-3-5-7-18)22(29)19-10-16(11-24-13-19)8-9-17-12-25-27(2)14-17/h3-7,10-14,20-21,28H,15H2,1-2H3/t20-,21+/m1/s1. The Morgan fingerprint density at radius 3 is 2.62 bits per heavy atom. The van der Waals surface area contributed by atoms with Crippen LogP contribution in [-0.4, -0.2) is 50.4 Å². The maximum absolute atomic E-state index is 14.5. The fraction of sp³-hybridized carbons (Fsp3) is 0.227. The number of likely N-dealkylation sites (N-methyl/N-ethyl adjacent to an activating group) is 1. The van der Waals surface area contributed by atoms with Crippen LogP contribution in [0.5, 0.6) is 0 Å². The van der Waals surface area contributed by atoms with Gasteiger partial charge in [0.05, 0.1) is 17.3 Å². The van der Waals surface area contributed by atoms with E-state index in [0.717, 1.165) is 5.56 Å². The number of aryl methyl sites for hydroxylation is 1. The molecule has 1 N–H and O–H groups in total. The number of halogens is 1. The Kier molecular flexibility index (Phi) is 6.37. The molecule has 0 fully saturated rings. The van der Waals surface area contributed by atoms with Crippen LogP contribution in [-0.2, 0) is 7.05 Å². The number of nitrogens with zero attached hydrogens (tertiary/aromatic N) is 4. The lowest BCUT2D eigenvalue weighted by atomic mass is 10.1. The normalized spacial score (nSPS) is 12.6. The first-order valence-electron chi connectivity index (χ1n) is 9.02. The van der Waals surface area contributed by atoms with Gasteiger partial charge in [0.25, 0.3) is 5.91 Å². The molecule has 2 atom stereocenters. The highest BCUT2D eigenvalue weighted by Gasteiger charge is 2.24. The van der Waals surface area contributed by atoms with Crippen molar-refractivity contribution in [3.63, 3.8) is 0 Å². The highest BCUT2D eigenvalue weighted by molar-refractivity contribution is 5.94. The summed E-state index contributed by atoms with van der Waals surface area (Å²) in [4.78, 5) is 18.0. The minimum atomic E-state index is -1.58. The lowest BCUT2D eigenvalue weighted by Crippen LogP contribution is -2.36. The van der Waals surface area contributed by atoms with Crippen LogP contribution in [0.4, 0.5) is 4.39 Å². The van der Waals surface area contributed by atoms with E-state index in [1.807, 2.05) is 0 Å². The largest absolute Gasteiger partial charge is 0.388 e. The molecule has 2 aromatic heterocycles. The number of carbonyl (C=O) groups is 1. The fourth-order valence-electron chi connectivity index (χ4n) is 2.79. The summed E-state index contributed by atoms with van der Waals surface area (Å²) in [6.45, 7) is -0.152. The molecule has 1 amide bonds. The van der Waals surface area contributed by atoms with Crippen molar-refractivity contribution in [3.05, 3.63) is 83.4 Å². The Morgan fingerprint density at radius 2 is 1.93 bits per heavy atom. The predicted octanol–water partition coefficient (Wildman–Crippen LogP) is 2.36. The molecule has 29 heavy (non-hydrogen) atoms. The van der Waals surface area contributed by atoms with Crippen LogP contribution in [0, 0.1) is 11.8 Å². The van der Waals surface area contributed by atoms with E-state index < -0.39 is 12.3 Å². The molecule has 0 aliphatic carbocycles. The predicted molar refractivity (Wildman–Crippen MR) is 107 cm³/mol. The topological polar surface area (TPSA) is 71.2 Å². The van der Waals surface area contributed by atoms with Crippen LogP contribution in [0.3, 0.4) is 0 Å². The molecule has 0 spiro atoms. The summed E-state index contributed by atoms with van der Waals surface area (Å²) in [5.41, 5.74) is 2.00. The zero-order valence-electron chi connectivity index (χ0n) is 16.2. The smallest absolute Gasteiger partial charge is 0.255 e. The molecular weight excluding hydrogens is 371 g/mol. The fourth-order valence-corrected chi connectivity index (χ4v) is 2.79. The lowest BCUT2D eigenvalue weighted by molar-refractivity contribution is 0.0415. The molecule has 3 aromatic rings. The number of aliphatic hydroxyl groups excluding tert-OH is 1. The summed E-state index contributed by atoms with van der Waals surface area (Å²) in [5, 5.41) is 14.2. The van der Waals surface area contributed by atoms with Crippen molar-refractivity contribution in [1.29, 1.82) is 0 Å². The molecule has 1 aromatic carbocycles. The number of carbonyl (C=O) groups excluding carboxylic acids is 1. The third kappa shape index (κ3) is 5.27. The van der Waals surface area contributed by atoms with Gasteiger partial charge >= 0.3 is 0 Å². The quantitative estimate of drug-likeness (QED) is 0.677. The number of pyridine rings is 1. The van der Waals surface area contributed by atoms with Gasteiger partial charge in [0.1, 0.15) is 6.10 Å². The molecule has 0 aliphatic heterocycles. The summed E-state index contributed by atoms with van der Waals surface area (Å²) in [7, 11) is 3.31. The van der Waals surface area contributed by atoms with Gasteiger partial charge in [0.15, 0.2) is 6.17 Å². The van der Waals surface area contributed by atoms with Crippen LogP contribution < -0.4 is 0 Å². The van der Waals surface area contributed by atoms with Gasteiger partial charge in [-0.25, -0.2) is 4.39 Å². The molecule has 0 bridgehead atoms. The Balaban J connectivity index is 1.67. The van der Waals surface area contributed by atoms with Crippen molar-refractivity contribution in [2.45, 2.75) is 12.3 Å². The number of alkyl halides is 1. The maximum atomic E-state index is 14.5. The Hall–Kier alpha value is -3.50. The average molecular weight is 392 g/mol. The van der Waals surface area contributed by atoms with E-state index in [1.165, 1.54) is 18.1 Å². The van der Waals surface area contributed by atoms with Crippen LogP contribution in [0.15, 0.2) is 61.2 Å².